The number of carbonyl (C=O) groups is 1. The van der Waals surface area contributed by atoms with E-state index in [4.69, 9.17) is 0 Å². The van der Waals surface area contributed by atoms with Gasteiger partial charge in [0.25, 0.3) is 0 Å². The molecule has 0 radical (unpaired) electrons. The summed E-state index contributed by atoms with van der Waals surface area (Å²) < 4.78 is 0. The Morgan fingerprint density at radius 2 is 1.13 bits per heavy atom. The van der Waals surface area contributed by atoms with Crippen molar-refractivity contribution in [2.24, 2.45) is 0 Å². The standard InChI is InChI=1S/C28H33NO/c1-27(2,3)25-18-16-24(17-19-25)26(30)28(29(4)5,20-22-12-8-6-9-13-22)21-23-14-10-7-11-15-23/h6-19H,20-21H2,1-5H3. The molecule has 3 rings (SSSR count). The second kappa shape index (κ2) is 8.97. The maximum atomic E-state index is 14.0. The molecule has 0 fully saturated rings. The molecule has 2 heteroatoms. The average Bonchev–Trinajstić information content (AvgIpc) is 2.73. The van der Waals surface area contributed by atoms with E-state index in [9.17, 15) is 4.79 Å². The van der Waals surface area contributed by atoms with Crippen LogP contribution in [0.15, 0.2) is 84.9 Å². The number of hydrogen-bond donors (Lipinski definition) is 0. The predicted molar refractivity (Wildman–Crippen MR) is 126 cm³/mol. The summed E-state index contributed by atoms with van der Waals surface area (Å²) in [5, 5.41) is 0. The number of carbonyl (C=O) groups excluding carboxylic acids is 1. The molecule has 156 valence electrons. The molecule has 3 aromatic rings. The summed E-state index contributed by atoms with van der Waals surface area (Å²) in [6, 6.07) is 28.8. The topological polar surface area (TPSA) is 20.3 Å². The molecule has 0 heterocycles. The van der Waals surface area contributed by atoms with Crippen LogP contribution < -0.4 is 0 Å². The van der Waals surface area contributed by atoms with Gasteiger partial charge in [-0.3, -0.25) is 9.69 Å². The molecule has 0 bridgehead atoms. The van der Waals surface area contributed by atoms with Gasteiger partial charge in [-0.25, -0.2) is 0 Å². The third kappa shape index (κ3) is 4.88. The van der Waals surface area contributed by atoms with Crippen LogP contribution in [0.5, 0.6) is 0 Å². The zero-order chi connectivity index (χ0) is 21.8. The maximum Gasteiger partial charge on any atom is 0.183 e. The zero-order valence-corrected chi connectivity index (χ0v) is 18.9. The van der Waals surface area contributed by atoms with Crippen molar-refractivity contribution >= 4 is 5.78 Å². The van der Waals surface area contributed by atoms with Crippen LogP contribution in [0.3, 0.4) is 0 Å². The summed E-state index contributed by atoms with van der Waals surface area (Å²) in [6.07, 6.45) is 1.32. The summed E-state index contributed by atoms with van der Waals surface area (Å²) in [4.78, 5) is 16.1. The molecule has 0 saturated heterocycles. The first-order valence-electron chi connectivity index (χ1n) is 10.6. The SMILES string of the molecule is CN(C)C(Cc1ccccc1)(Cc1ccccc1)C(=O)c1ccc(C(C)(C)C)cc1. The van der Waals surface area contributed by atoms with Crippen molar-refractivity contribution in [3.05, 3.63) is 107 Å². The Balaban J connectivity index is 2.05. The quantitative estimate of drug-likeness (QED) is 0.457. The van der Waals surface area contributed by atoms with Gasteiger partial charge in [0, 0.05) is 5.56 Å². The molecule has 0 atom stereocenters. The molecule has 0 unspecified atom stereocenters. The second-order valence-corrected chi connectivity index (χ2v) is 9.41. The fraction of sp³-hybridized carbons (Fsp3) is 0.321. The van der Waals surface area contributed by atoms with Gasteiger partial charge < -0.3 is 0 Å². The van der Waals surface area contributed by atoms with Crippen molar-refractivity contribution in [3.63, 3.8) is 0 Å². The summed E-state index contributed by atoms with van der Waals surface area (Å²) in [5.74, 6) is 0.167. The van der Waals surface area contributed by atoms with E-state index in [0.717, 1.165) is 5.56 Å². The lowest BCUT2D eigenvalue weighted by Gasteiger charge is -2.39. The first-order chi connectivity index (χ1) is 14.2. The Kier molecular flexibility index (Phi) is 6.58. The van der Waals surface area contributed by atoms with Crippen molar-refractivity contribution in [2.75, 3.05) is 14.1 Å². The molecule has 0 amide bonds. The van der Waals surface area contributed by atoms with Crippen molar-refractivity contribution in [1.29, 1.82) is 0 Å². The molecule has 30 heavy (non-hydrogen) atoms. The Labute approximate surface area is 181 Å². The number of hydrogen-bond acceptors (Lipinski definition) is 2. The highest BCUT2D eigenvalue weighted by molar-refractivity contribution is 6.03. The molecule has 0 aliphatic heterocycles. The van der Waals surface area contributed by atoms with Crippen molar-refractivity contribution in [2.45, 2.75) is 44.6 Å². The van der Waals surface area contributed by atoms with E-state index in [2.05, 4.69) is 62.1 Å². The highest BCUT2D eigenvalue weighted by Gasteiger charge is 2.41. The molecule has 2 nitrogen and oxygen atoms in total. The van der Waals surface area contributed by atoms with Crippen LogP contribution in [0.25, 0.3) is 0 Å². The van der Waals surface area contributed by atoms with E-state index >= 15 is 0 Å². The van der Waals surface area contributed by atoms with Gasteiger partial charge in [-0.15, -0.1) is 0 Å². The van der Waals surface area contributed by atoms with E-state index in [1.54, 1.807) is 0 Å². The highest BCUT2D eigenvalue weighted by Crippen LogP contribution is 2.30. The molecule has 0 saturated carbocycles. The largest absolute Gasteiger partial charge is 0.296 e. The summed E-state index contributed by atoms with van der Waals surface area (Å²) in [6.45, 7) is 6.58. The smallest absolute Gasteiger partial charge is 0.183 e. The van der Waals surface area contributed by atoms with E-state index in [-0.39, 0.29) is 11.2 Å². The predicted octanol–water partition coefficient (Wildman–Crippen LogP) is 5.95. The molecule has 0 aliphatic carbocycles. The van der Waals surface area contributed by atoms with Crippen LogP contribution >= 0.6 is 0 Å². The normalized spacial score (nSPS) is 12.2. The van der Waals surface area contributed by atoms with Gasteiger partial charge in [0.15, 0.2) is 5.78 Å². The van der Waals surface area contributed by atoms with Gasteiger partial charge in [-0.1, -0.05) is 106 Å². The Bertz CT molecular complexity index is 910. The minimum atomic E-state index is -0.661. The van der Waals surface area contributed by atoms with Gasteiger partial charge in [-0.05, 0) is 49.0 Å². The van der Waals surface area contributed by atoms with E-state index < -0.39 is 5.54 Å². The molecule has 0 aliphatic rings. The highest BCUT2D eigenvalue weighted by atomic mass is 16.1. The summed E-state index contributed by atoms with van der Waals surface area (Å²) in [7, 11) is 4.04. The third-order valence-corrected chi connectivity index (χ3v) is 5.97. The number of nitrogens with zero attached hydrogens (tertiary/aromatic N) is 1. The number of benzene rings is 3. The van der Waals surface area contributed by atoms with Gasteiger partial charge >= 0.3 is 0 Å². The molecule has 0 N–H and O–H groups in total. The van der Waals surface area contributed by atoms with Crippen molar-refractivity contribution < 1.29 is 4.79 Å². The van der Waals surface area contributed by atoms with Gasteiger partial charge in [0.05, 0.1) is 5.54 Å². The molecule has 0 spiro atoms. The fourth-order valence-electron chi connectivity index (χ4n) is 4.00. The van der Waals surface area contributed by atoms with Crippen molar-refractivity contribution in [3.8, 4) is 0 Å². The average molecular weight is 400 g/mol. The summed E-state index contributed by atoms with van der Waals surface area (Å²) in [5.41, 5.74) is 3.74. The third-order valence-electron chi connectivity index (χ3n) is 5.97. The van der Waals surface area contributed by atoms with Gasteiger partial charge in [0.1, 0.15) is 0 Å². The second-order valence-electron chi connectivity index (χ2n) is 9.41. The lowest BCUT2D eigenvalue weighted by molar-refractivity contribution is 0.0676. The van der Waals surface area contributed by atoms with Crippen LogP contribution in [-0.4, -0.2) is 30.3 Å². The van der Waals surface area contributed by atoms with E-state index in [0.29, 0.717) is 12.8 Å². The Morgan fingerprint density at radius 3 is 1.50 bits per heavy atom. The fourth-order valence-corrected chi connectivity index (χ4v) is 4.00. The van der Waals surface area contributed by atoms with E-state index in [1.807, 2.05) is 62.6 Å². The van der Waals surface area contributed by atoms with Gasteiger partial charge in [-0.2, -0.15) is 0 Å². The van der Waals surface area contributed by atoms with Crippen LogP contribution in [0, 0.1) is 0 Å². The lowest BCUT2D eigenvalue weighted by Crippen LogP contribution is -2.54. The van der Waals surface area contributed by atoms with Crippen LogP contribution in [0.1, 0.15) is 47.8 Å². The minimum Gasteiger partial charge on any atom is -0.296 e. The van der Waals surface area contributed by atoms with Crippen LogP contribution in [0.4, 0.5) is 0 Å². The van der Waals surface area contributed by atoms with Crippen LogP contribution in [0.2, 0.25) is 0 Å². The Morgan fingerprint density at radius 1 is 0.700 bits per heavy atom. The Hall–Kier alpha value is -2.71. The molecule has 3 aromatic carbocycles. The first kappa shape index (κ1) is 22.0. The minimum absolute atomic E-state index is 0.0638. The van der Waals surface area contributed by atoms with Crippen LogP contribution in [-0.2, 0) is 18.3 Å². The summed E-state index contributed by atoms with van der Waals surface area (Å²) >= 11 is 0. The number of rotatable bonds is 7. The monoisotopic (exact) mass is 399 g/mol. The molecular weight excluding hydrogens is 366 g/mol. The maximum absolute atomic E-state index is 14.0. The number of ketones is 1. The number of likely N-dealkylation sites (N-methyl/N-ethyl adjacent to an activating group) is 1. The van der Waals surface area contributed by atoms with E-state index in [1.165, 1.54) is 16.7 Å². The van der Waals surface area contributed by atoms with Gasteiger partial charge in [0.2, 0.25) is 0 Å². The lowest BCUT2D eigenvalue weighted by atomic mass is 9.77. The van der Waals surface area contributed by atoms with Crippen molar-refractivity contribution in [1.82, 2.24) is 4.90 Å². The first-order valence-corrected chi connectivity index (χ1v) is 10.6. The molecular formula is C28H33NO. The molecule has 0 aromatic heterocycles. The zero-order valence-electron chi connectivity index (χ0n) is 18.9. The number of Topliss-reactive ketones (excluding diaryl/α,β-unsaturated/α-hetero) is 1.